The molecule has 1 aliphatic heterocycles. The van der Waals surface area contributed by atoms with E-state index in [2.05, 4.69) is 124 Å². The Balaban J connectivity index is 1.89. The number of benzene rings is 4. The second kappa shape index (κ2) is 7.90. The summed E-state index contributed by atoms with van der Waals surface area (Å²) in [6, 6.07) is 35.9. The Bertz CT molecular complexity index is 1250. The molecule has 0 spiro atoms. The van der Waals surface area contributed by atoms with E-state index in [0.29, 0.717) is 0 Å². The highest BCUT2D eigenvalue weighted by atomic mass is 31.4. The zero-order valence-corrected chi connectivity index (χ0v) is 20.5. The zero-order valence-electron chi connectivity index (χ0n) is 18.6. The largest absolute Gasteiger partial charge is 0.278 e. The molecule has 0 aromatic heterocycles. The molecule has 1 heterocycles. The van der Waals surface area contributed by atoms with Crippen molar-refractivity contribution in [1.82, 2.24) is 0 Å². The second-order valence-corrected chi connectivity index (χ2v) is 20.7. The van der Waals surface area contributed by atoms with E-state index in [0.717, 1.165) is 0 Å². The highest BCUT2D eigenvalue weighted by molar-refractivity contribution is 8.18. The molecule has 31 heavy (non-hydrogen) atoms. The predicted octanol–water partition coefficient (Wildman–Crippen LogP) is 6.79. The summed E-state index contributed by atoms with van der Waals surface area (Å²) in [5.74, 6) is 0. The lowest BCUT2D eigenvalue weighted by atomic mass is 10.1. The van der Waals surface area contributed by atoms with Crippen LogP contribution in [0.1, 0.15) is 25.0 Å². The highest BCUT2D eigenvalue weighted by Gasteiger charge is 2.64. The fourth-order valence-corrected chi connectivity index (χ4v) is 22.9. The molecule has 1 unspecified atom stereocenters. The van der Waals surface area contributed by atoms with Gasteiger partial charge in [0.25, 0.3) is 7.74 Å². The van der Waals surface area contributed by atoms with Crippen LogP contribution in [0.5, 0.6) is 0 Å². The van der Waals surface area contributed by atoms with Crippen molar-refractivity contribution >= 4 is 41.0 Å². The molecular weight excluding hydrogens is 407 g/mol. The molecule has 5 rings (SSSR count). The first kappa shape index (κ1) is 20.4. The maximum absolute atomic E-state index is 3.99. The van der Waals surface area contributed by atoms with E-state index in [-0.39, 0.29) is 0 Å². The third kappa shape index (κ3) is 2.91. The number of hydrogen-bond donors (Lipinski definition) is 0. The van der Waals surface area contributed by atoms with Gasteiger partial charge in [0.05, 0.1) is 17.6 Å². The van der Waals surface area contributed by atoms with E-state index in [4.69, 9.17) is 0 Å². The predicted molar refractivity (Wildman–Crippen MR) is 141 cm³/mol. The first-order valence-corrected chi connectivity index (χ1v) is 16.8. The van der Waals surface area contributed by atoms with Crippen LogP contribution in [0.15, 0.2) is 97.1 Å². The Hall–Kier alpha value is -2.47. The number of rotatable bonds is 5. The lowest BCUT2D eigenvalue weighted by Crippen LogP contribution is -2.48. The lowest BCUT2D eigenvalue weighted by Gasteiger charge is -2.39. The van der Waals surface area contributed by atoms with Gasteiger partial charge in [-0.05, 0) is 37.0 Å². The van der Waals surface area contributed by atoms with Gasteiger partial charge in [-0.1, -0.05) is 77.5 Å². The van der Waals surface area contributed by atoms with Gasteiger partial charge < -0.3 is 0 Å². The molecule has 0 amide bonds. The summed E-state index contributed by atoms with van der Waals surface area (Å²) in [6.45, 7) is 6.13. The van der Waals surface area contributed by atoms with E-state index in [1.807, 2.05) is 0 Å². The van der Waals surface area contributed by atoms with Gasteiger partial charge in [-0.25, -0.2) is 0 Å². The van der Waals surface area contributed by atoms with Crippen LogP contribution in [0, 0.1) is 6.08 Å². The van der Waals surface area contributed by atoms with Gasteiger partial charge in [-0.3, -0.25) is 0 Å². The van der Waals surface area contributed by atoms with E-state index < -0.39 is 14.6 Å². The highest BCUT2D eigenvalue weighted by Crippen LogP contribution is 2.71. The summed E-state index contributed by atoms with van der Waals surface area (Å²) in [6.07, 6.45) is 6.50. The topological polar surface area (TPSA) is 0 Å². The van der Waals surface area contributed by atoms with Crippen LogP contribution >= 0.6 is 6.81 Å². The van der Waals surface area contributed by atoms with Crippen molar-refractivity contribution in [3.63, 3.8) is 0 Å². The molecule has 0 radical (unpaired) electrons. The lowest BCUT2D eigenvalue weighted by molar-refractivity contribution is 1.41. The van der Waals surface area contributed by atoms with Crippen LogP contribution in [0.2, 0.25) is 6.55 Å². The van der Waals surface area contributed by atoms with Gasteiger partial charge in [-0.2, -0.15) is 0 Å². The Morgan fingerprint density at radius 2 is 1.35 bits per heavy atom. The first-order chi connectivity index (χ1) is 15.2. The Kier molecular flexibility index (Phi) is 5.20. The third-order valence-corrected chi connectivity index (χ3v) is 24.6. The van der Waals surface area contributed by atoms with E-state index in [1.165, 1.54) is 34.0 Å². The fourth-order valence-electron chi connectivity index (χ4n) is 5.85. The molecule has 0 saturated heterocycles. The summed E-state index contributed by atoms with van der Waals surface area (Å²) in [5, 5.41) is 7.73. The Morgan fingerprint density at radius 3 is 2.00 bits per heavy atom. The number of hydrogen-bond acceptors (Lipinski definition) is 0. The van der Waals surface area contributed by atoms with Gasteiger partial charge >= 0.3 is 0 Å². The SMILES string of the molecule is CC[P+]1(CC)c2cccc3cccc(c23)[Si]1(C)C(=[C-]c1ccccc1)c1ccccc1. The van der Waals surface area contributed by atoms with Crippen LogP contribution in [0.3, 0.4) is 0 Å². The summed E-state index contributed by atoms with van der Waals surface area (Å²) in [5.41, 5.74) is 2.53. The summed E-state index contributed by atoms with van der Waals surface area (Å²) < 4.78 is 0. The molecule has 2 heteroatoms. The Labute approximate surface area is 187 Å². The van der Waals surface area contributed by atoms with Crippen LogP contribution < -0.4 is 10.5 Å². The molecule has 0 aliphatic carbocycles. The normalized spacial score (nSPS) is 19.6. The van der Waals surface area contributed by atoms with E-state index in [9.17, 15) is 0 Å². The molecule has 1 aliphatic rings. The molecule has 154 valence electrons. The standard InChI is InChI=1S/C29H29PSi/c1-4-30(5-2)26-20-12-18-25-19-13-21-27(29(25)26)31(30,3)28(24-16-10-7-11-17-24)22-23-14-8-6-9-15-23/h6-21H,4-5H2,1-3H3. The molecule has 4 aromatic rings. The van der Waals surface area contributed by atoms with E-state index in [1.54, 1.807) is 15.9 Å². The van der Waals surface area contributed by atoms with Gasteiger partial charge in [0, 0.05) is 12.2 Å². The molecule has 0 bridgehead atoms. The first-order valence-electron chi connectivity index (χ1n) is 11.3. The summed E-state index contributed by atoms with van der Waals surface area (Å²) >= 11 is 0. The molecule has 0 N–H and O–H groups in total. The smallest absolute Gasteiger partial charge is 0.150 e. The average Bonchev–Trinajstić information content (AvgIpc) is 3.06. The Morgan fingerprint density at radius 1 is 0.742 bits per heavy atom. The van der Waals surface area contributed by atoms with Crippen molar-refractivity contribution in [1.29, 1.82) is 0 Å². The fraction of sp³-hybridized carbons (Fsp3) is 0.172. The average molecular weight is 437 g/mol. The van der Waals surface area contributed by atoms with Gasteiger partial charge in [-0.15, -0.1) is 35.9 Å². The quantitative estimate of drug-likeness (QED) is 0.140. The molecule has 0 saturated carbocycles. The van der Waals surface area contributed by atoms with Gasteiger partial charge in [0.15, 0.2) is 0 Å². The van der Waals surface area contributed by atoms with Crippen LogP contribution in [-0.2, 0) is 0 Å². The van der Waals surface area contributed by atoms with E-state index >= 15 is 0 Å². The van der Waals surface area contributed by atoms with Crippen LogP contribution in [0.4, 0.5) is 0 Å². The van der Waals surface area contributed by atoms with Crippen molar-refractivity contribution < 1.29 is 0 Å². The van der Waals surface area contributed by atoms with Crippen molar-refractivity contribution in [2.75, 3.05) is 12.3 Å². The minimum Gasteiger partial charge on any atom is -0.150 e. The van der Waals surface area contributed by atoms with Gasteiger partial charge in [0.2, 0.25) is 0 Å². The molecule has 0 nitrogen and oxygen atoms in total. The zero-order chi connectivity index (χ0) is 21.5. The summed E-state index contributed by atoms with van der Waals surface area (Å²) in [4.78, 5) is 0. The van der Waals surface area contributed by atoms with Crippen LogP contribution in [-0.4, -0.2) is 20.1 Å². The van der Waals surface area contributed by atoms with Crippen LogP contribution in [0.25, 0.3) is 16.0 Å². The molecule has 1 atom stereocenters. The third-order valence-electron chi connectivity index (χ3n) is 7.40. The minimum atomic E-state index is -2.11. The second-order valence-electron chi connectivity index (χ2n) is 8.59. The van der Waals surface area contributed by atoms with Gasteiger partial charge in [0.1, 0.15) is 0 Å². The maximum Gasteiger partial charge on any atom is 0.278 e. The molecule has 4 aromatic carbocycles. The monoisotopic (exact) mass is 436 g/mol. The summed E-state index contributed by atoms with van der Waals surface area (Å²) in [7, 11) is -2.11. The molecular formula is C29H29PSi. The molecule has 0 fully saturated rings. The maximum atomic E-state index is 3.99. The van der Waals surface area contributed by atoms with Crippen molar-refractivity contribution in [3.8, 4) is 0 Å². The van der Waals surface area contributed by atoms with Crippen molar-refractivity contribution in [3.05, 3.63) is 114 Å². The van der Waals surface area contributed by atoms with Crippen molar-refractivity contribution in [2.24, 2.45) is 0 Å². The van der Waals surface area contributed by atoms with Crippen molar-refractivity contribution in [2.45, 2.75) is 20.4 Å². The minimum absolute atomic E-state index is 1.18.